The van der Waals surface area contributed by atoms with Crippen LogP contribution in [0.5, 0.6) is 0 Å². The Balaban J connectivity index is 1.79. The minimum Gasteiger partial charge on any atom is -0.481 e. The molecule has 6 heteroatoms. The number of aryl methyl sites for hydroxylation is 1. The number of hydrogen-bond acceptors (Lipinski definition) is 3. The number of nitrogens with zero attached hydrogens (tertiary/aromatic N) is 3. The van der Waals surface area contributed by atoms with Gasteiger partial charge in [0.2, 0.25) is 5.91 Å². The van der Waals surface area contributed by atoms with E-state index in [1.807, 2.05) is 0 Å². The number of carboxylic acid groups (broad SMARTS) is 1. The number of likely N-dealkylation sites (tertiary alicyclic amines) is 1. The Kier molecular flexibility index (Phi) is 3.41. The van der Waals surface area contributed by atoms with Crippen LogP contribution in [0.15, 0.2) is 18.5 Å². The van der Waals surface area contributed by atoms with Crippen LogP contribution in [0.25, 0.3) is 0 Å². The SMILES string of the molecule is O=C(O)[C@H]1CCN(C(=O)CCn2cccn2)C1. The van der Waals surface area contributed by atoms with Gasteiger partial charge in [-0.1, -0.05) is 0 Å². The number of amides is 1. The van der Waals surface area contributed by atoms with Crippen LogP contribution < -0.4 is 0 Å². The minimum absolute atomic E-state index is 0.00394. The number of carbonyl (C=O) groups is 2. The van der Waals surface area contributed by atoms with Crippen LogP contribution in [-0.2, 0) is 16.1 Å². The van der Waals surface area contributed by atoms with Crippen LogP contribution in [0, 0.1) is 5.92 Å². The Morgan fingerprint density at radius 3 is 2.88 bits per heavy atom. The van der Waals surface area contributed by atoms with E-state index in [0.29, 0.717) is 32.5 Å². The molecule has 1 aliphatic rings. The second-order valence-electron chi connectivity index (χ2n) is 4.18. The molecule has 92 valence electrons. The zero-order valence-electron chi connectivity index (χ0n) is 9.45. The molecule has 0 aliphatic carbocycles. The van der Waals surface area contributed by atoms with Gasteiger partial charge >= 0.3 is 5.97 Å². The number of carbonyl (C=O) groups excluding carboxylic acids is 1. The third-order valence-corrected chi connectivity index (χ3v) is 3.00. The molecule has 17 heavy (non-hydrogen) atoms. The van der Waals surface area contributed by atoms with Gasteiger partial charge in [-0.3, -0.25) is 14.3 Å². The Bertz CT molecular complexity index is 402. The highest BCUT2D eigenvalue weighted by atomic mass is 16.4. The van der Waals surface area contributed by atoms with Crippen molar-refractivity contribution in [2.45, 2.75) is 19.4 Å². The molecule has 0 aromatic carbocycles. The Morgan fingerprint density at radius 2 is 2.29 bits per heavy atom. The summed E-state index contributed by atoms with van der Waals surface area (Å²) in [5.74, 6) is -1.21. The maximum atomic E-state index is 11.8. The summed E-state index contributed by atoms with van der Waals surface area (Å²) in [4.78, 5) is 24.2. The highest BCUT2D eigenvalue weighted by Gasteiger charge is 2.30. The fourth-order valence-corrected chi connectivity index (χ4v) is 1.99. The molecule has 1 fully saturated rings. The molecule has 6 nitrogen and oxygen atoms in total. The normalized spacial score (nSPS) is 19.5. The molecule has 2 rings (SSSR count). The molecule has 1 saturated heterocycles. The fraction of sp³-hybridized carbons (Fsp3) is 0.545. The topological polar surface area (TPSA) is 75.4 Å². The van der Waals surface area contributed by atoms with Gasteiger partial charge in [0.05, 0.1) is 5.92 Å². The molecule has 1 aliphatic heterocycles. The van der Waals surface area contributed by atoms with E-state index in [0.717, 1.165) is 0 Å². The van der Waals surface area contributed by atoms with E-state index >= 15 is 0 Å². The summed E-state index contributed by atoms with van der Waals surface area (Å²) in [6.45, 7) is 1.43. The molecule has 1 atom stereocenters. The molecule has 1 aromatic heterocycles. The summed E-state index contributed by atoms with van der Waals surface area (Å²) in [6, 6.07) is 1.81. The summed E-state index contributed by atoms with van der Waals surface area (Å²) in [7, 11) is 0. The van der Waals surface area contributed by atoms with Gasteiger partial charge in [-0.25, -0.2) is 0 Å². The quantitative estimate of drug-likeness (QED) is 0.812. The van der Waals surface area contributed by atoms with Crippen LogP contribution in [0.4, 0.5) is 0 Å². The van der Waals surface area contributed by atoms with Gasteiger partial charge in [0, 0.05) is 38.4 Å². The molecule has 1 amide bonds. The molecule has 0 saturated carbocycles. The minimum atomic E-state index is -0.813. The van der Waals surface area contributed by atoms with Gasteiger partial charge in [-0.2, -0.15) is 5.10 Å². The van der Waals surface area contributed by atoms with Gasteiger partial charge in [0.15, 0.2) is 0 Å². The molecule has 0 radical (unpaired) electrons. The van der Waals surface area contributed by atoms with Crippen molar-refractivity contribution in [2.75, 3.05) is 13.1 Å². The number of rotatable bonds is 4. The lowest BCUT2D eigenvalue weighted by Crippen LogP contribution is -2.30. The Morgan fingerprint density at radius 1 is 1.47 bits per heavy atom. The first-order valence-electron chi connectivity index (χ1n) is 5.65. The van der Waals surface area contributed by atoms with Gasteiger partial charge in [0.25, 0.3) is 0 Å². The molecular formula is C11H15N3O3. The summed E-state index contributed by atoms with van der Waals surface area (Å²) in [5.41, 5.74) is 0. The van der Waals surface area contributed by atoms with Crippen LogP contribution in [0.3, 0.4) is 0 Å². The highest BCUT2D eigenvalue weighted by Crippen LogP contribution is 2.17. The van der Waals surface area contributed by atoms with Crippen LogP contribution in [0.2, 0.25) is 0 Å². The lowest BCUT2D eigenvalue weighted by molar-refractivity contribution is -0.141. The lowest BCUT2D eigenvalue weighted by atomic mass is 10.1. The van der Waals surface area contributed by atoms with Gasteiger partial charge in [0.1, 0.15) is 0 Å². The van der Waals surface area contributed by atoms with Crippen molar-refractivity contribution in [1.82, 2.24) is 14.7 Å². The number of carboxylic acids is 1. The van der Waals surface area contributed by atoms with Crippen molar-refractivity contribution in [2.24, 2.45) is 5.92 Å². The number of aromatic nitrogens is 2. The third-order valence-electron chi connectivity index (χ3n) is 3.00. The van der Waals surface area contributed by atoms with Gasteiger partial charge in [-0.05, 0) is 12.5 Å². The van der Waals surface area contributed by atoms with Gasteiger partial charge in [-0.15, -0.1) is 0 Å². The summed E-state index contributed by atoms with van der Waals surface area (Å²) >= 11 is 0. The highest BCUT2D eigenvalue weighted by molar-refractivity contribution is 5.78. The second-order valence-corrected chi connectivity index (χ2v) is 4.18. The summed E-state index contributed by atoms with van der Waals surface area (Å²) in [5, 5.41) is 12.9. The molecule has 0 bridgehead atoms. The standard InChI is InChI=1S/C11H15N3O3/c15-10(3-7-14-5-1-4-12-14)13-6-2-9(8-13)11(16)17/h1,4-5,9H,2-3,6-8H2,(H,16,17)/t9-/m0/s1. The molecule has 2 heterocycles. The van der Waals surface area contributed by atoms with E-state index in [2.05, 4.69) is 5.10 Å². The largest absolute Gasteiger partial charge is 0.481 e. The Hall–Kier alpha value is -1.85. The van der Waals surface area contributed by atoms with E-state index in [-0.39, 0.29) is 5.91 Å². The van der Waals surface area contributed by atoms with Crippen molar-refractivity contribution < 1.29 is 14.7 Å². The molecule has 0 unspecified atom stereocenters. The van der Waals surface area contributed by atoms with Crippen LogP contribution in [0.1, 0.15) is 12.8 Å². The predicted molar refractivity (Wildman–Crippen MR) is 59.2 cm³/mol. The van der Waals surface area contributed by atoms with Crippen molar-refractivity contribution in [3.8, 4) is 0 Å². The van der Waals surface area contributed by atoms with Crippen molar-refractivity contribution in [1.29, 1.82) is 0 Å². The fourth-order valence-electron chi connectivity index (χ4n) is 1.99. The first-order chi connectivity index (χ1) is 8.16. The zero-order valence-corrected chi connectivity index (χ0v) is 9.45. The average molecular weight is 237 g/mol. The molecular weight excluding hydrogens is 222 g/mol. The van der Waals surface area contributed by atoms with E-state index in [1.165, 1.54) is 0 Å². The molecule has 1 aromatic rings. The third kappa shape index (κ3) is 2.83. The maximum Gasteiger partial charge on any atom is 0.308 e. The van der Waals surface area contributed by atoms with Crippen molar-refractivity contribution in [3.05, 3.63) is 18.5 Å². The number of hydrogen-bond donors (Lipinski definition) is 1. The smallest absolute Gasteiger partial charge is 0.308 e. The zero-order chi connectivity index (χ0) is 12.3. The second kappa shape index (κ2) is 4.99. The number of aliphatic carboxylic acids is 1. The van der Waals surface area contributed by atoms with Crippen LogP contribution in [-0.4, -0.2) is 44.8 Å². The predicted octanol–water partition coefficient (Wildman–Crippen LogP) is 0.206. The monoisotopic (exact) mass is 237 g/mol. The molecule has 1 N–H and O–H groups in total. The van der Waals surface area contributed by atoms with Gasteiger partial charge < -0.3 is 10.0 Å². The Labute approximate surface area is 98.8 Å². The summed E-state index contributed by atoms with van der Waals surface area (Å²) in [6.07, 6.45) is 4.40. The maximum absolute atomic E-state index is 11.8. The van der Waals surface area contributed by atoms with Crippen LogP contribution >= 0.6 is 0 Å². The average Bonchev–Trinajstić information content (AvgIpc) is 2.96. The van der Waals surface area contributed by atoms with E-state index in [9.17, 15) is 9.59 Å². The summed E-state index contributed by atoms with van der Waals surface area (Å²) < 4.78 is 1.70. The first kappa shape index (κ1) is 11.6. The molecule has 0 spiro atoms. The van der Waals surface area contributed by atoms with Crippen molar-refractivity contribution >= 4 is 11.9 Å². The lowest BCUT2D eigenvalue weighted by Gasteiger charge is -2.15. The first-order valence-corrected chi connectivity index (χ1v) is 5.65. The van der Waals surface area contributed by atoms with E-state index < -0.39 is 11.9 Å². The van der Waals surface area contributed by atoms with E-state index in [4.69, 9.17) is 5.11 Å². The van der Waals surface area contributed by atoms with Crippen molar-refractivity contribution in [3.63, 3.8) is 0 Å². The van der Waals surface area contributed by atoms with E-state index in [1.54, 1.807) is 28.0 Å².